The van der Waals surface area contributed by atoms with E-state index < -0.39 is 0 Å². The Kier molecular flexibility index (Phi) is 3.97. The Labute approximate surface area is 109 Å². The number of fused-ring (bicyclic) bond motifs is 1. The molecule has 0 saturated heterocycles. The lowest BCUT2D eigenvalue weighted by molar-refractivity contribution is 0.0770. The number of hydrogen-bond donors (Lipinski definition) is 0. The molecule has 0 aromatic carbocycles. The fourth-order valence-corrected chi connectivity index (χ4v) is 2.50. The lowest BCUT2D eigenvalue weighted by Crippen LogP contribution is -2.34. The van der Waals surface area contributed by atoms with Crippen molar-refractivity contribution in [2.45, 2.75) is 26.8 Å². The Hall–Kier alpha value is -1.42. The Balaban J connectivity index is 2.34. The van der Waals surface area contributed by atoms with Crippen molar-refractivity contribution in [3.05, 3.63) is 29.1 Å². The molecule has 1 amide bonds. The summed E-state index contributed by atoms with van der Waals surface area (Å²) in [5.74, 6) is 0.119. The predicted octanol–water partition coefficient (Wildman–Crippen LogP) is 1.55. The van der Waals surface area contributed by atoms with Crippen LogP contribution >= 0.6 is 0 Å². The van der Waals surface area contributed by atoms with Gasteiger partial charge in [0.25, 0.3) is 5.91 Å². The van der Waals surface area contributed by atoms with Gasteiger partial charge in [0.2, 0.25) is 0 Å². The van der Waals surface area contributed by atoms with Crippen LogP contribution in [-0.4, -0.2) is 47.4 Å². The Morgan fingerprint density at radius 1 is 1.39 bits per heavy atom. The van der Waals surface area contributed by atoms with E-state index in [1.807, 2.05) is 24.9 Å². The van der Waals surface area contributed by atoms with Gasteiger partial charge in [-0.05, 0) is 38.4 Å². The third kappa shape index (κ3) is 2.38. The first kappa shape index (κ1) is 13.0. The van der Waals surface area contributed by atoms with Crippen LogP contribution < -0.4 is 0 Å². The molecule has 0 saturated carbocycles. The number of likely N-dealkylation sites (N-methyl/N-ethyl adjacent to an activating group) is 1. The Morgan fingerprint density at radius 2 is 2.11 bits per heavy atom. The first-order valence-corrected chi connectivity index (χ1v) is 6.60. The van der Waals surface area contributed by atoms with Crippen molar-refractivity contribution in [2.75, 3.05) is 26.7 Å². The number of amides is 1. The van der Waals surface area contributed by atoms with Crippen LogP contribution in [0.4, 0.5) is 0 Å². The minimum Gasteiger partial charge on any atom is -0.339 e. The third-order valence-corrected chi connectivity index (χ3v) is 3.61. The molecule has 0 N–H and O–H groups in total. The van der Waals surface area contributed by atoms with Crippen LogP contribution in [0.3, 0.4) is 0 Å². The molecule has 0 fully saturated rings. The summed E-state index contributed by atoms with van der Waals surface area (Å²) in [6.45, 7) is 7.42. The smallest absolute Gasteiger partial charge is 0.255 e. The molecule has 1 aromatic heterocycles. The molecular weight excluding hydrogens is 226 g/mol. The van der Waals surface area contributed by atoms with Crippen molar-refractivity contribution in [1.82, 2.24) is 14.8 Å². The Bertz CT molecular complexity index is 441. The SMILES string of the molecule is CCN(CC)C(=O)c1cncc2c1CCN(C)C2. The zero-order valence-corrected chi connectivity index (χ0v) is 11.4. The normalized spacial score (nSPS) is 15.3. The summed E-state index contributed by atoms with van der Waals surface area (Å²) >= 11 is 0. The van der Waals surface area contributed by atoms with Gasteiger partial charge in [0, 0.05) is 38.6 Å². The summed E-state index contributed by atoms with van der Waals surface area (Å²) in [5.41, 5.74) is 3.19. The van der Waals surface area contributed by atoms with Gasteiger partial charge in [0.15, 0.2) is 0 Å². The van der Waals surface area contributed by atoms with Gasteiger partial charge in [-0.25, -0.2) is 0 Å². The van der Waals surface area contributed by atoms with Crippen LogP contribution in [0, 0.1) is 0 Å². The number of nitrogens with zero attached hydrogens (tertiary/aromatic N) is 3. The molecule has 18 heavy (non-hydrogen) atoms. The molecule has 1 aliphatic rings. The molecule has 0 spiro atoms. The lowest BCUT2D eigenvalue weighted by atomic mass is 9.97. The zero-order valence-electron chi connectivity index (χ0n) is 11.4. The number of carbonyl (C=O) groups excluding carboxylic acids is 1. The highest BCUT2D eigenvalue weighted by Gasteiger charge is 2.22. The van der Waals surface area contributed by atoms with E-state index in [0.717, 1.165) is 38.2 Å². The van der Waals surface area contributed by atoms with E-state index in [-0.39, 0.29) is 5.91 Å². The second-order valence-corrected chi connectivity index (χ2v) is 4.79. The molecule has 0 aliphatic carbocycles. The molecule has 1 aromatic rings. The maximum Gasteiger partial charge on any atom is 0.255 e. The molecule has 0 bridgehead atoms. The summed E-state index contributed by atoms with van der Waals surface area (Å²) in [6.07, 6.45) is 4.56. The summed E-state index contributed by atoms with van der Waals surface area (Å²) in [6, 6.07) is 0. The van der Waals surface area contributed by atoms with Crippen LogP contribution in [0.25, 0.3) is 0 Å². The van der Waals surface area contributed by atoms with Crippen molar-refractivity contribution in [3.63, 3.8) is 0 Å². The summed E-state index contributed by atoms with van der Waals surface area (Å²) in [5, 5.41) is 0. The number of aromatic nitrogens is 1. The summed E-state index contributed by atoms with van der Waals surface area (Å²) < 4.78 is 0. The van der Waals surface area contributed by atoms with E-state index in [1.54, 1.807) is 6.20 Å². The molecule has 2 rings (SSSR count). The van der Waals surface area contributed by atoms with Crippen LogP contribution in [0.5, 0.6) is 0 Å². The molecular formula is C14H21N3O. The topological polar surface area (TPSA) is 36.4 Å². The van der Waals surface area contributed by atoms with E-state index in [2.05, 4.69) is 16.9 Å². The van der Waals surface area contributed by atoms with E-state index >= 15 is 0 Å². The largest absolute Gasteiger partial charge is 0.339 e. The first-order chi connectivity index (χ1) is 8.67. The monoisotopic (exact) mass is 247 g/mol. The summed E-state index contributed by atoms with van der Waals surface area (Å²) in [7, 11) is 2.10. The van der Waals surface area contributed by atoms with Gasteiger partial charge in [-0.1, -0.05) is 0 Å². The van der Waals surface area contributed by atoms with Crippen molar-refractivity contribution in [3.8, 4) is 0 Å². The van der Waals surface area contributed by atoms with Gasteiger partial charge >= 0.3 is 0 Å². The molecule has 0 unspecified atom stereocenters. The molecule has 2 heterocycles. The third-order valence-electron chi connectivity index (χ3n) is 3.61. The molecule has 1 aliphatic heterocycles. The molecule has 98 valence electrons. The zero-order chi connectivity index (χ0) is 13.1. The van der Waals surface area contributed by atoms with Gasteiger partial charge in [-0.2, -0.15) is 0 Å². The highest BCUT2D eigenvalue weighted by atomic mass is 16.2. The fourth-order valence-electron chi connectivity index (χ4n) is 2.50. The van der Waals surface area contributed by atoms with E-state index in [1.165, 1.54) is 11.1 Å². The average molecular weight is 247 g/mol. The number of carbonyl (C=O) groups is 1. The molecule has 0 atom stereocenters. The molecule has 4 heteroatoms. The Morgan fingerprint density at radius 3 is 2.78 bits per heavy atom. The predicted molar refractivity (Wildman–Crippen MR) is 71.5 cm³/mol. The molecule has 4 nitrogen and oxygen atoms in total. The second-order valence-electron chi connectivity index (χ2n) is 4.79. The second kappa shape index (κ2) is 5.48. The number of rotatable bonds is 3. The van der Waals surface area contributed by atoms with Crippen LogP contribution in [0.2, 0.25) is 0 Å². The van der Waals surface area contributed by atoms with E-state index in [4.69, 9.17) is 0 Å². The van der Waals surface area contributed by atoms with Crippen molar-refractivity contribution < 1.29 is 4.79 Å². The van der Waals surface area contributed by atoms with Gasteiger partial charge in [-0.15, -0.1) is 0 Å². The van der Waals surface area contributed by atoms with Gasteiger partial charge in [-0.3, -0.25) is 9.78 Å². The van der Waals surface area contributed by atoms with Crippen LogP contribution in [0.1, 0.15) is 35.3 Å². The van der Waals surface area contributed by atoms with Crippen molar-refractivity contribution in [2.24, 2.45) is 0 Å². The maximum atomic E-state index is 12.4. The molecule has 0 radical (unpaired) electrons. The fraction of sp³-hybridized carbons (Fsp3) is 0.571. The van der Waals surface area contributed by atoms with E-state index in [9.17, 15) is 4.79 Å². The van der Waals surface area contributed by atoms with Crippen LogP contribution in [-0.2, 0) is 13.0 Å². The van der Waals surface area contributed by atoms with Crippen molar-refractivity contribution >= 4 is 5.91 Å². The van der Waals surface area contributed by atoms with E-state index in [0.29, 0.717) is 0 Å². The maximum absolute atomic E-state index is 12.4. The quantitative estimate of drug-likeness (QED) is 0.813. The first-order valence-electron chi connectivity index (χ1n) is 6.60. The highest BCUT2D eigenvalue weighted by molar-refractivity contribution is 5.95. The lowest BCUT2D eigenvalue weighted by Gasteiger charge is -2.27. The van der Waals surface area contributed by atoms with Gasteiger partial charge < -0.3 is 9.80 Å². The standard InChI is InChI=1S/C14H21N3O/c1-4-17(5-2)14(18)13-9-15-8-11-10-16(3)7-6-12(11)13/h8-9H,4-7,10H2,1-3H3. The number of hydrogen-bond acceptors (Lipinski definition) is 3. The number of pyridine rings is 1. The van der Waals surface area contributed by atoms with Crippen LogP contribution in [0.15, 0.2) is 12.4 Å². The van der Waals surface area contributed by atoms with Gasteiger partial charge in [0.05, 0.1) is 5.56 Å². The average Bonchev–Trinajstić information content (AvgIpc) is 2.39. The van der Waals surface area contributed by atoms with Crippen molar-refractivity contribution in [1.29, 1.82) is 0 Å². The summed E-state index contributed by atoms with van der Waals surface area (Å²) in [4.78, 5) is 20.8. The van der Waals surface area contributed by atoms with Gasteiger partial charge in [0.1, 0.15) is 0 Å². The minimum atomic E-state index is 0.119. The minimum absolute atomic E-state index is 0.119. The highest BCUT2D eigenvalue weighted by Crippen LogP contribution is 2.21.